The van der Waals surface area contributed by atoms with Crippen molar-refractivity contribution in [2.75, 3.05) is 7.05 Å². The molecule has 0 radical (unpaired) electrons. The van der Waals surface area contributed by atoms with E-state index < -0.39 is 11.9 Å². The van der Waals surface area contributed by atoms with Crippen LogP contribution >= 0.6 is 0 Å². The van der Waals surface area contributed by atoms with Gasteiger partial charge in [0.1, 0.15) is 6.04 Å². The van der Waals surface area contributed by atoms with Crippen LogP contribution in [0.2, 0.25) is 0 Å². The van der Waals surface area contributed by atoms with Crippen molar-refractivity contribution >= 4 is 23.6 Å². The monoisotopic (exact) mass is 462 g/mol. The van der Waals surface area contributed by atoms with Crippen LogP contribution < -0.4 is 5.32 Å². The fourth-order valence-electron chi connectivity index (χ4n) is 4.26. The Labute approximate surface area is 194 Å². The molecule has 0 spiro atoms. The van der Waals surface area contributed by atoms with E-state index in [1.54, 1.807) is 42.3 Å². The van der Waals surface area contributed by atoms with Gasteiger partial charge in [0, 0.05) is 38.8 Å². The molecule has 1 unspecified atom stereocenters. The lowest BCUT2D eigenvalue weighted by Crippen LogP contribution is -2.52. The molecule has 174 valence electrons. The van der Waals surface area contributed by atoms with Crippen LogP contribution in [0.15, 0.2) is 36.7 Å². The number of amides is 4. The Morgan fingerprint density at radius 2 is 2.06 bits per heavy atom. The van der Waals surface area contributed by atoms with Crippen molar-refractivity contribution in [1.82, 2.24) is 39.9 Å². The van der Waals surface area contributed by atoms with Crippen LogP contribution in [0.3, 0.4) is 0 Å². The highest BCUT2D eigenvalue weighted by Crippen LogP contribution is 2.29. The van der Waals surface area contributed by atoms with E-state index in [1.807, 2.05) is 13.1 Å². The summed E-state index contributed by atoms with van der Waals surface area (Å²) in [5, 5.41) is 14.5. The normalized spacial score (nSPS) is 17.6. The van der Waals surface area contributed by atoms with Crippen molar-refractivity contribution in [3.8, 4) is 5.69 Å². The first-order valence-corrected chi connectivity index (χ1v) is 10.7. The predicted octanol–water partition coefficient (Wildman–Crippen LogP) is 0.0340. The molecule has 1 saturated heterocycles. The number of imide groups is 1. The largest absolute Gasteiger partial charge is 0.334 e. The fraction of sp³-hybridized carbons (Fsp3) is 0.318. The van der Waals surface area contributed by atoms with Crippen LogP contribution in [0.5, 0.6) is 0 Å². The summed E-state index contributed by atoms with van der Waals surface area (Å²) in [5.74, 6) is -1.31. The molecule has 4 amide bonds. The zero-order valence-corrected chi connectivity index (χ0v) is 18.6. The maximum atomic E-state index is 12.9. The summed E-state index contributed by atoms with van der Waals surface area (Å²) >= 11 is 0. The number of nitrogens with one attached hydrogen (secondary N) is 1. The van der Waals surface area contributed by atoms with E-state index in [1.165, 1.54) is 14.5 Å². The quantitative estimate of drug-likeness (QED) is 0.529. The summed E-state index contributed by atoms with van der Waals surface area (Å²) < 4.78 is 3.18. The van der Waals surface area contributed by atoms with E-state index in [-0.39, 0.29) is 36.4 Å². The lowest BCUT2D eigenvalue weighted by molar-refractivity contribution is -0.136. The average molecular weight is 462 g/mol. The lowest BCUT2D eigenvalue weighted by atomic mass is 10.0. The summed E-state index contributed by atoms with van der Waals surface area (Å²) in [4.78, 5) is 52.3. The van der Waals surface area contributed by atoms with Gasteiger partial charge in [-0.3, -0.25) is 29.2 Å². The number of nitrogens with zero attached hydrogens (tertiary/aromatic N) is 7. The number of fused-ring (bicyclic) bond motifs is 1. The minimum Gasteiger partial charge on any atom is -0.334 e. The van der Waals surface area contributed by atoms with E-state index in [4.69, 9.17) is 0 Å². The van der Waals surface area contributed by atoms with Gasteiger partial charge in [0.15, 0.2) is 5.69 Å². The highest BCUT2D eigenvalue weighted by atomic mass is 16.2. The van der Waals surface area contributed by atoms with E-state index >= 15 is 0 Å². The Morgan fingerprint density at radius 3 is 2.79 bits per heavy atom. The van der Waals surface area contributed by atoms with Gasteiger partial charge in [-0.1, -0.05) is 5.21 Å². The summed E-state index contributed by atoms with van der Waals surface area (Å²) in [5.41, 5.74) is 2.95. The van der Waals surface area contributed by atoms with Crippen LogP contribution in [0.25, 0.3) is 5.69 Å². The van der Waals surface area contributed by atoms with Crippen LogP contribution in [-0.4, -0.2) is 71.3 Å². The van der Waals surface area contributed by atoms with Gasteiger partial charge in [-0.2, -0.15) is 5.10 Å². The number of aryl methyl sites for hydroxylation is 1. The van der Waals surface area contributed by atoms with E-state index in [0.29, 0.717) is 24.2 Å². The highest BCUT2D eigenvalue weighted by Gasteiger charge is 2.39. The second-order valence-corrected chi connectivity index (χ2v) is 8.40. The Kier molecular flexibility index (Phi) is 5.19. The third-order valence-corrected chi connectivity index (χ3v) is 6.15. The van der Waals surface area contributed by atoms with Crippen molar-refractivity contribution < 1.29 is 19.2 Å². The van der Waals surface area contributed by atoms with Crippen molar-refractivity contribution in [1.29, 1.82) is 0 Å². The molecule has 1 N–H and O–H groups in total. The number of carbonyl (C=O) groups excluding carboxylic acids is 4. The Morgan fingerprint density at radius 1 is 1.24 bits per heavy atom. The van der Waals surface area contributed by atoms with Gasteiger partial charge in [-0.25, -0.2) is 4.68 Å². The smallest absolute Gasteiger partial charge is 0.276 e. The molecule has 0 bridgehead atoms. The second kappa shape index (κ2) is 8.21. The first-order chi connectivity index (χ1) is 16.3. The number of aromatic nitrogens is 5. The zero-order chi connectivity index (χ0) is 24.0. The molecular weight excluding hydrogens is 440 g/mol. The first kappa shape index (κ1) is 21.5. The van der Waals surface area contributed by atoms with Crippen LogP contribution in [0.4, 0.5) is 0 Å². The SMILES string of the molecule is CN(Cc1ccnn1C)C(=O)c1cn(-c2ccc3c(c2)CN(C2CCC(=O)NC2=O)C3=O)nn1. The number of hydrogen-bond acceptors (Lipinski definition) is 7. The molecular formula is C22H22N8O4. The molecule has 34 heavy (non-hydrogen) atoms. The maximum Gasteiger partial charge on any atom is 0.276 e. The molecule has 4 heterocycles. The molecule has 0 saturated carbocycles. The molecule has 1 fully saturated rings. The van der Waals surface area contributed by atoms with Crippen LogP contribution in [0.1, 0.15) is 44.9 Å². The van der Waals surface area contributed by atoms with Gasteiger partial charge in [0.25, 0.3) is 11.8 Å². The van der Waals surface area contributed by atoms with E-state index in [9.17, 15) is 19.2 Å². The van der Waals surface area contributed by atoms with Crippen molar-refractivity contribution in [2.45, 2.75) is 32.0 Å². The van der Waals surface area contributed by atoms with Gasteiger partial charge < -0.3 is 9.80 Å². The second-order valence-electron chi connectivity index (χ2n) is 8.40. The van der Waals surface area contributed by atoms with Crippen LogP contribution in [-0.2, 0) is 29.7 Å². The molecule has 0 aliphatic carbocycles. The third-order valence-electron chi connectivity index (χ3n) is 6.15. The molecule has 12 nitrogen and oxygen atoms in total. The molecule has 3 aromatic rings. The Balaban J connectivity index is 1.32. The number of hydrogen-bond donors (Lipinski definition) is 1. The summed E-state index contributed by atoms with van der Waals surface area (Å²) in [6.45, 7) is 0.627. The number of piperidine rings is 1. The Bertz CT molecular complexity index is 1330. The molecule has 2 aliphatic rings. The van der Waals surface area contributed by atoms with Gasteiger partial charge in [-0.05, 0) is 36.2 Å². The van der Waals surface area contributed by atoms with E-state index in [0.717, 1.165) is 11.3 Å². The standard InChI is InChI=1S/C22H22N8O4/c1-27(11-15-7-8-23-28(15)2)22(34)17-12-30(26-25-17)14-3-4-16-13(9-14)10-29(21(16)33)18-5-6-19(31)24-20(18)32/h3-4,7-9,12,18H,5-6,10-11H2,1-2H3,(H,24,31,32). The van der Waals surface area contributed by atoms with Crippen molar-refractivity contribution in [3.05, 3.63) is 59.2 Å². The molecule has 2 aromatic heterocycles. The summed E-state index contributed by atoms with van der Waals surface area (Å²) in [7, 11) is 3.49. The molecule has 2 aliphatic heterocycles. The van der Waals surface area contributed by atoms with Crippen molar-refractivity contribution in [2.24, 2.45) is 7.05 Å². The summed E-state index contributed by atoms with van der Waals surface area (Å²) in [6.07, 6.45) is 3.72. The van der Waals surface area contributed by atoms with Gasteiger partial charge in [-0.15, -0.1) is 5.10 Å². The molecule has 1 aromatic carbocycles. The number of carbonyl (C=O) groups is 4. The van der Waals surface area contributed by atoms with Gasteiger partial charge in [0.2, 0.25) is 11.8 Å². The minimum absolute atomic E-state index is 0.186. The first-order valence-electron chi connectivity index (χ1n) is 10.7. The minimum atomic E-state index is -0.674. The Hall–Kier alpha value is -4.35. The van der Waals surface area contributed by atoms with Gasteiger partial charge >= 0.3 is 0 Å². The molecule has 5 rings (SSSR count). The zero-order valence-electron chi connectivity index (χ0n) is 18.6. The average Bonchev–Trinajstić information content (AvgIpc) is 3.53. The molecule has 12 heteroatoms. The number of benzene rings is 1. The lowest BCUT2D eigenvalue weighted by Gasteiger charge is -2.29. The summed E-state index contributed by atoms with van der Waals surface area (Å²) in [6, 6.07) is 6.35. The van der Waals surface area contributed by atoms with Gasteiger partial charge in [0.05, 0.1) is 24.1 Å². The highest BCUT2D eigenvalue weighted by molar-refractivity contribution is 6.05. The predicted molar refractivity (Wildman–Crippen MR) is 116 cm³/mol. The van der Waals surface area contributed by atoms with Crippen molar-refractivity contribution in [3.63, 3.8) is 0 Å². The molecule has 1 atom stereocenters. The fourth-order valence-corrected chi connectivity index (χ4v) is 4.26. The number of rotatable bonds is 5. The maximum absolute atomic E-state index is 12.9. The third kappa shape index (κ3) is 3.72. The van der Waals surface area contributed by atoms with Crippen LogP contribution in [0, 0.1) is 0 Å². The van der Waals surface area contributed by atoms with E-state index in [2.05, 4.69) is 20.7 Å². The topological polar surface area (TPSA) is 135 Å².